The van der Waals surface area contributed by atoms with E-state index in [1.165, 1.54) is 56.2 Å². The second-order valence-electron chi connectivity index (χ2n) is 5.04. The van der Waals surface area contributed by atoms with Crippen LogP contribution < -0.4 is 5.73 Å². The Morgan fingerprint density at radius 1 is 1.11 bits per heavy atom. The molecule has 1 heterocycles. The highest BCUT2D eigenvalue weighted by molar-refractivity contribution is 9.10. The number of unbranched alkanes of at least 4 members (excludes halogenated alkanes) is 7. The molecule has 0 saturated heterocycles. The van der Waals surface area contributed by atoms with Crippen molar-refractivity contribution < 1.29 is 0 Å². The largest absolute Gasteiger partial charge is 0.323 e. The zero-order chi connectivity index (χ0) is 13.2. The number of hydrogen-bond acceptors (Lipinski definition) is 2. The monoisotopic (exact) mass is 331 g/mol. The van der Waals surface area contributed by atoms with Crippen LogP contribution in [0.25, 0.3) is 0 Å². The van der Waals surface area contributed by atoms with E-state index in [-0.39, 0.29) is 6.04 Å². The van der Waals surface area contributed by atoms with Crippen molar-refractivity contribution in [1.82, 2.24) is 0 Å². The van der Waals surface area contributed by atoms with Gasteiger partial charge in [-0.2, -0.15) is 0 Å². The van der Waals surface area contributed by atoms with Crippen LogP contribution in [0.15, 0.2) is 15.9 Å². The van der Waals surface area contributed by atoms with Gasteiger partial charge in [-0.05, 0) is 28.4 Å². The molecule has 0 aliphatic rings. The summed E-state index contributed by atoms with van der Waals surface area (Å²) in [6.45, 7) is 2.27. The first-order valence-electron chi connectivity index (χ1n) is 7.23. The first-order valence-corrected chi connectivity index (χ1v) is 8.90. The van der Waals surface area contributed by atoms with Crippen LogP contribution in [0.2, 0.25) is 0 Å². The van der Waals surface area contributed by atoms with Crippen molar-refractivity contribution in [2.75, 3.05) is 0 Å². The molecule has 104 valence electrons. The van der Waals surface area contributed by atoms with Crippen molar-refractivity contribution in [2.45, 2.75) is 70.8 Å². The fourth-order valence-corrected chi connectivity index (χ4v) is 3.65. The maximum atomic E-state index is 6.18. The number of halogens is 1. The van der Waals surface area contributed by atoms with Gasteiger partial charge >= 0.3 is 0 Å². The molecule has 1 nitrogen and oxygen atoms in total. The summed E-state index contributed by atoms with van der Waals surface area (Å²) in [5, 5.41) is 2.11. The highest BCUT2D eigenvalue weighted by Gasteiger charge is 2.07. The Morgan fingerprint density at radius 3 is 2.28 bits per heavy atom. The second kappa shape index (κ2) is 9.99. The molecule has 0 spiro atoms. The molecule has 0 aromatic carbocycles. The molecule has 1 aromatic heterocycles. The number of hydrogen-bond donors (Lipinski definition) is 1. The Kier molecular flexibility index (Phi) is 8.99. The quantitative estimate of drug-likeness (QED) is 0.519. The maximum absolute atomic E-state index is 6.18. The summed E-state index contributed by atoms with van der Waals surface area (Å²) >= 11 is 5.24. The molecule has 3 heteroatoms. The third-order valence-corrected chi connectivity index (χ3v) is 5.15. The normalized spacial score (nSPS) is 12.8. The third kappa shape index (κ3) is 6.91. The van der Waals surface area contributed by atoms with E-state index in [4.69, 9.17) is 5.73 Å². The highest BCUT2D eigenvalue weighted by atomic mass is 79.9. The molecule has 18 heavy (non-hydrogen) atoms. The van der Waals surface area contributed by atoms with Crippen molar-refractivity contribution >= 4 is 27.3 Å². The number of rotatable bonds is 10. The Balaban J connectivity index is 1.97. The molecule has 1 aromatic rings. The average Bonchev–Trinajstić information content (AvgIpc) is 2.79. The van der Waals surface area contributed by atoms with Crippen LogP contribution in [0.1, 0.15) is 75.6 Å². The topological polar surface area (TPSA) is 26.0 Å². The van der Waals surface area contributed by atoms with Crippen LogP contribution in [0, 0.1) is 0 Å². The molecule has 1 rings (SSSR count). The molecule has 0 amide bonds. The lowest BCUT2D eigenvalue weighted by molar-refractivity contribution is 0.539. The minimum Gasteiger partial charge on any atom is -0.323 e. The van der Waals surface area contributed by atoms with E-state index in [0.29, 0.717) is 0 Å². The zero-order valence-corrected chi connectivity index (χ0v) is 13.9. The van der Waals surface area contributed by atoms with E-state index in [9.17, 15) is 0 Å². The SMILES string of the molecule is CCCCCCCCCCC(N)c1cc(Br)cs1. The Bertz CT molecular complexity index is 311. The van der Waals surface area contributed by atoms with E-state index in [2.05, 4.69) is 34.3 Å². The predicted octanol–water partition coefficient (Wildman–Crippen LogP) is 6.04. The number of thiophene rings is 1. The van der Waals surface area contributed by atoms with Gasteiger partial charge in [0.15, 0.2) is 0 Å². The van der Waals surface area contributed by atoms with E-state index < -0.39 is 0 Å². The third-order valence-electron chi connectivity index (χ3n) is 3.32. The van der Waals surface area contributed by atoms with Crippen LogP contribution in [-0.4, -0.2) is 0 Å². The molecule has 2 N–H and O–H groups in total. The van der Waals surface area contributed by atoms with Crippen molar-refractivity contribution in [1.29, 1.82) is 0 Å². The molecule has 0 radical (unpaired) electrons. The lowest BCUT2D eigenvalue weighted by Crippen LogP contribution is -2.08. The van der Waals surface area contributed by atoms with Gasteiger partial charge in [-0.3, -0.25) is 0 Å². The summed E-state index contributed by atoms with van der Waals surface area (Å²) in [5.41, 5.74) is 6.18. The van der Waals surface area contributed by atoms with Gasteiger partial charge in [-0.1, -0.05) is 58.3 Å². The Morgan fingerprint density at radius 2 is 1.72 bits per heavy atom. The minimum absolute atomic E-state index is 0.237. The Labute approximate surface area is 124 Å². The molecule has 0 fully saturated rings. The minimum atomic E-state index is 0.237. The number of nitrogens with two attached hydrogens (primary N) is 1. The fourth-order valence-electron chi connectivity index (χ4n) is 2.16. The van der Waals surface area contributed by atoms with Gasteiger partial charge in [-0.25, -0.2) is 0 Å². The maximum Gasteiger partial charge on any atom is 0.0390 e. The average molecular weight is 332 g/mol. The lowest BCUT2D eigenvalue weighted by atomic mass is 10.0. The zero-order valence-electron chi connectivity index (χ0n) is 11.5. The van der Waals surface area contributed by atoms with Crippen LogP contribution in [0.4, 0.5) is 0 Å². The molecule has 0 aliphatic carbocycles. The van der Waals surface area contributed by atoms with Crippen molar-refractivity contribution in [3.05, 3.63) is 20.8 Å². The van der Waals surface area contributed by atoms with E-state index in [0.717, 1.165) is 10.9 Å². The van der Waals surface area contributed by atoms with E-state index in [1.54, 1.807) is 11.3 Å². The molecular weight excluding hydrogens is 306 g/mol. The summed E-state index contributed by atoms with van der Waals surface area (Å²) in [6.07, 6.45) is 12.1. The van der Waals surface area contributed by atoms with E-state index in [1.807, 2.05) is 0 Å². The lowest BCUT2D eigenvalue weighted by Gasteiger charge is -2.08. The van der Waals surface area contributed by atoms with Gasteiger partial charge in [0, 0.05) is 20.8 Å². The van der Waals surface area contributed by atoms with Crippen LogP contribution in [0.3, 0.4) is 0 Å². The van der Waals surface area contributed by atoms with Crippen molar-refractivity contribution in [2.24, 2.45) is 5.73 Å². The highest BCUT2D eigenvalue weighted by Crippen LogP contribution is 2.27. The summed E-state index contributed by atoms with van der Waals surface area (Å²) in [4.78, 5) is 1.31. The van der Waals surface area contributed by atoms with Crippen LogP contribution >= 0.6 is 27.3 Å². The fraction of sp³-hybridized carbons (Fsp3) is 0.733. The van der Waals surface area contributed by atoms with Gasteiger partial charge in [-0.15, -0.1) is 11.3 Å². The standard InChI is InChI=1S/C15H26BrNS/c1-2-3-4-5-6-7-8-9-10-14(17)15-11-13(16)12-18-15/h11-12,14H,2-10,17H2,1H3. The first-order chi connectivity index (χ1) is 8.74. The predicted molar refractivity (Wildman–Crippen MR) is 86.2 cm³/mol. The second-order valence-corrected chi connectivity index (χ2v) is 6.90. The van der Waals surface area contributed by atoms with Gasteiger partial charge in [0.05, 0.1) is 0 Å². The summed E-state index contributed by atoms with van der Waals surface area (Å²) in [6, 6.07) is 2.39. The summed E-state index contributed by atoms with van der Waals surface area (Å²) < 4.78 is 1.16. The summed E-state index contributed by atoms with van der Waals surface area (Å²) in [7, 11) is 0. The molecule has 1 unspecified atom stereocenters. The van der Waals surface area contributed by atoms with Crippen molar-refractivity contribution in [3.63, 3.8) is 0 Å². The molecular formula is C15H26BrNS. The molecule has 0 bridgehead atoms. The molecule has 0 aliphatic heterocycles. The van der Waals surface area contributed by atoms with Gasteiger partial charge in [0.25, 0.3) is 0 Å². The molecule has 0 saturated carbocycles. The molecule has 1 atom stereocenters. The van der Waals surface area contributed by atoms with Crippen LogP contribution in [0.5, 0.6) is 0 Å². The van der Waals surface area contributed by atoms with Crippen molar-refractivity contribution in [3.8, 4) is 0 Å². The van der Waals surface area contributed by atoms with Gasteiger partial charge in [0.2, 0.25) is 0 Å². The smallest absolute Gasteiger partial charge is 0.0390 e. The first kappa shape index (κ1) is 16.2. The van der Waals surface area contributed by atoms with Gasteiger partial charge < -0.3 is 5.73 Å². The van der Waals surface area contributed by atoms with E-state index >= 15 is 0 Å². The Hall–Kier alpha value is 0.140. The van der Waals surface area contributed by atoms with Crippen LogP contribution in [-0.2, 0) is 0 Å². The van der Waals surface area contributed by atoms with Gasteiger partial charge in [0.1, 0.15) is 0 Å². The summed E-state index contributed by atoms with van der Waals surface area (Å²) in [5.74, 6) is 0.